The van der Waals surface area contributed by atoms with Crippen LogP contribution in [0.4, 0.5) is 14.9 Å². The SMILES string of the molecule is Cc1ccc(NC(=O)N2CCC(C(=O)NCc3ccc(F)cc3)CC2)cc1Br. The number of urea groups is 1. The van der Waals surface area contributed by atoms with Gasteiger partial charge in [0.05, 0.1) is 0 Å². The van der Waals surface area contributed by atoms with Gasteiger partial charge in [-0.2, -0.15) is 0 Å². The zero-order chi connectivity index (χ0) is 20.1. The molecule has 2 N–H and O–H groups in total. The summed E-state index contributed by atoms with van der Waals surface area (Å²) in [4.78, 5) is 26.5. The molecule has 2 aromatic carbocycles. The standard InChI is InChI=1S/C21H23BrFN3O2/c1-14-2-7-18(12-19(14)22)25-21(28)26-10-8-16(9-11-26)20(27)24-13-15-3-5-17(23)6-4-15/h2-7,12,16H,8-11,13H2,1H3,(H,24,27)(H,25,28). The molecule has 1 saturated heterocycles. The van der Waals surface area contributed by atoms with Gasteiger partial charge >= 0.3 is 6.03 Å². The van der Waals surface area contributed by atoms with E-state index in [4.69, 9.17) is 0 Å². The van der Waals surface area contributed by atoms with Crippen molar-refractivity contribution in [2.75, 3.05) is 18.4 Å². The minimum Gasteiger partial charge on any atom is -0.352 e. The van der Waals surface area contributed by atoms with E-state index in [1.165, 1.54) is 12.1 Å². The fourth-order valence-corrected chi connectivity index (χ4v) is 3.53. The maximum Gasteiger partial charge on any atom is 0.321 e. The first-order valence-corrected chi connectivity index (χ1v) is 10.1. The van der Waals surface area contributed by atoms with Gasteiger partial charge in [0.25, 0.3) is 0 Å². The molecule has 0 bridgehead atoms. The largest absolute Gasteiger partial charge is 0.352 e. The number of nitrogens with one attached hydrogen (secondary N) is 2. The maximum atomic E-state index is 12.9. The summed E-state index contributed by atoms with van der Waals surface area (Å²) < 4.78 is 13.9. The fraction of sp³-hybridized carbons (Fsp3) is 0.333. The van der Waals surface area contributed by atoms with Crippen molar-refractivity contribution >= 4 is 33.6 Å². The highest BCUT2D eigenvalue weighted by molar-refractivity contribution is 9.10. The van der Waals surface area contributed by atoms with Crippen LogP contribution in [0.25, 0.3) is 0 Å². The highest BCUT2D eigenvalue weighted by atomic mass is 79.9. The van der Waals surface area contributed by atoms with Gasteiger partial charge in [-0.25, -0.2) is 9.18 Å². The number of hydrogen-bond donors (Lipinski definition) is 2. The maximum absolute atomic E-state index is 12.9. The van der Waals surface area contributed by atoms with Crippen LogP contribution in [-0.4, -0.2) is 29.9 Å². The number of carbonyl (C=O) groups excluding carboxylic acids is 2. The zero-order valence-corrected chi connectivity index (χ0v) is 17.3. The van der Waals surface area contributed by atoms with Gasteiger partial charge in [-0.3, -0.25) is 4.79 Å². The van der Waals surface area contributed by atoms with Gasteiger partial charge in [-0.05, 0) is 55.2 Å². The molecule has 1 aliphatic rings. The second kappa shape index (κ2) is 9.19. The summed E-state index contributed by atoms with van der Waals surface area (Å²) in [5, 5.41) is 5.80. The summed E-state index contributed by atoms with van der Waals surface area (Å²) in [7, 11) is 0. The number of nitrogens with zero attached hydrogens (tertiary/aromatic N) is 1. The molecule has 5 nitrogen and oxygen atoms in total. The van der Waals surface area contributed by atoms with E-state index < -0.39 is 0 Å². The summed E-state index contributed by atoms with van der Waals surface area (Å²) in [6, 6.07) is 11.6. The van der Waals surface area contributed by atoms with Crippen LogP contribution < -0.4 is 10.6 Å². The number of rotatable bonds is 4. The molecule has 0 radical (unpaired) electrons. The lowest BCUT2D eigenvalue weighted by Gasteiger charge is -2.31. The number of aryl methyl sites for hydroxylation is 1. The number of halogens is 2. The topological polar surface area (TPSA) is 61.4 Å². The predicted molar refractivity (Wildman–Crippen MR) is 110 cm³/mol. The van der Waals surface area contributed by atoms with E-state index >= 15 is 0 Å². The van der Waals surface area contributed by atoms with Crippen LogP contribution in [0.2, 0.25) is 0 Å². The normalized spacial score (nSPS) is 14.6. The first-order chi connectivity index (χ1) is 13.4. The van der Waals surface area contributed by atoms with E-state index in [1.54, 1.807) is 17.0 Å². The van der Waals surface area contributed by atoms with Gasteiger partial charge in [0, 0.05) is 35.7 Å². The van der Waals surface area contributed by atoms with Crippen LogP contribution >= 0.6 is 15.9 Å². The van der Waals surface area contributed by atoms with Crippen LogP contribution in [-0.2, 0) is 11.3 Å². The van der Waals surface area contributed by atoms with Gasteiger partial charge in [-0.15, -0.1) is 0 Å². The van der Waals surface area contributed by atoms with Crippen molar-refractivity contribution in [2.45, 2.75) is 26.3 Å². The molecule has 28 heavy (non-hydrogen) atoms. The molecular weight excluding hydrogens is 425 g/mol. The van der Waals surface area contributed by atoms with Gasteiger partial charge in [-0.1, -0.05) is 34.1 Å². The summed E-state index contributed by atoms with van der Waals surface area (Å²) in [6.45, 7) is 3.44. The second-order valence-corrected chi connectivity index (χ2v) is 7.85. The number of benzene rings is 2. The van der Waals surface area contributed by atoms with Crippen LogP contribution in [0.3, 0.4) is 0 Å². The Morgan fingerprint density at radius 3 is 2.46 bits per heavy atom. The molecule has 0 spiro atoms. The molecule has 0 atom stereocenters. The molecule has 0 aliphatic carbocycles. The lowest BCUT2D eigenvalue weighted by Crippen LogP contribution is -2.44. The first kappa shape index (κ1) is 20.3. The molecule has 2 aromatic rings. The van der Waals surface area contributed by atoms with Crippen LogP contribution in [0.15, 0.2) is 46.9 Å². The Morgan fingerprint density at radius 2 is 1.82 bits per heavy atom. The monoisotopic (exact) mass is 447 g/mol. The van der Waals surface area contributed by atoms with Crippen molar-refractivity contribution in [3.05, 3.63) is 63.9 Å². The molecule has 3 rings (SSSR count). The first-order valence-electron chi connectivity index (χ1n) is 9.26. The smallest absolute Gasteiger partial charge is 0.321 e. The van der Waals surface area contributed by atoms with Crippen molar-refractivity contribution in [1.82, 2.24) is 10.2 Å². The van der Waals surface area contributed by atoms with Crippen LogP contribution in [0, 0.1) is 18.7 Å². The van der Waals surface area contributed by atoms with Crippen molar-refractivity contribution in [2.24, 2.45) is 5.92 Å². The number of likely N-dealkylation sites (tertiary alicyclic amines) is 1. The van der Waals surface area contributed by atoms with Gasteiger partial charge in [0.2, 0.25) is 5.91 Å². The fourth-order valence-electron chi connectivity index (χ4n) is 3.15. The van der Waals surface area contributed by atoms with Gasteiger partial charge in [0.1, 0.15) is 5.82 Å². The Kier molecular flexibility index (Phi) is 6.67. The van der Waals surface area contributed by atoms with E-state index in [0.717, 1.165) is 21.3 Å². The summed E-state index contributed by atoms with van der Waals surface area (Å²) in [5.41, 5.74) is 2.70. The molecule has 7 heteroatoms. The van der Waals surface area contributed by atoms with Crippen molar-refractivity contribution in [3.8, 4) is 0 Å². The quantitative estimate of drug-likeness (QED) is 0.726. The number of piperidine rings is 1. The molecule has 0 saturated carbocycles. The third-order valence-corrected chi connectivity index (χ3v) is 5.81. The molecule has 0 aromatic heterocycles. The van der Waals surface area contributed by atoms with E-state index in [0.29, 0.717) is 32.5 Å². The number of anilines is 1. The Bertz CT molecular complexity index is 849. The number of hydrogen-bond acceptors (Lipinski definition) is 2. The van der Waals surface area contributed by atoms with Crippen molar-refractivity contribution in [3.63, 3.8) is 0 Å². The Morgan fingerprint density at radius 1 is 1.14 bits per heavy atom. The molecular formula is C21H23BrFN3O2. The second-order valence-electron chi connectivity index (χ2n) is 7.00. The highest BCUT2D eigenvalue weighted by Crippen LogP contribution is 2.22. The van der Waals surface area contributed by atoms with E-state index in [2.05, 4.69) is 26.6 Å². The molecule has 3 amide bonds. The molecule has 1 aliphatic heterocycles. The number of amides is 3. The van der Waals surface area contributed by atoms with E-state index in [1.807, 2.05) is 25.1 Å². The summed E-state index contributed by atoms with van der Waals surface area (Å²) in [6.07, 6.45) is 1.25. The highest BCUT2D eigenvalue weighted by Gasteiger charge is 2.27. The molecule has 148 valence electrons. The molecule has 1 heterocycles. The third-order valence-electron chi connectivity index (χ3n) is 4.96. The van der Waals surface area contributed by atoms with E-state index in [-0.39, 0.29) is 23.7 Å². The Labute approximate surface area is 172 Å². The Balaban J connectivity index is 1.45. The summed E-state index contributed by atoms with van der Waals surface area (Å²) >= 11 is 3.46. The van der Waals surface area contributed by atoms with Gasteiger partial charge in [0.15, 0.2) is 0 Å². The third kappa shape index (κ3) is 5.32. The van der Waals surface area contributed by atoms with Crippen LogP contribution in [0.5, 0.6) is 0 Å². The van der Waals surface area contributed by atoms with Crippen LogP contribution in [0.1, 0.15) is 24.0 Å². The average molecular weight is 448 g/mol. The lowest BCUT2D eigenvalue weighted by molar-refractivity contribution is -0.126. The van der Waals surface area contributed by atoms with Crippen molar-refractivity contribution in [1.29, 1.82) is 0 Å². The van der Waals surface area contributed by atoms with Crippen molar-refractivity contribution < 1.29 is 14.0 Å². The predicted octanol–water partition coefficient (Wildman–Crippen LogP) is 4.46. The zero-order valence-electron chi connectivity index (χ0n) is 15.7. The average Bonchev–Trinajstić information content (AvgIpc) is 2.70. The number of carbonyl (C=O) groups is 2. The van der Waals surface area contributed by atoms with E-state index in [9.17, 15) is 14.0 Å². The Hall–Kier alpha value is -2.41. The summed E-state index contributed by atoms with van der Waals surface area (Å²) in [5.74, 6) is -0.427. The lowest BCUT2D eigenvalue weighted by atomic mass is 9.96. The van der Waals surface area contributed by atoms with Gasteiger partial charge < -0.3 is 15.5 Å². The molecule has 1 fully saturated rings. The molecule has 0 unspecified atom stereocenters. The minimum absolute atomic E-state index is 0.0214. The minimum atomic E-state index is -0.293.